The normalized spacial score (nSPS) is 27.5. The van der Waals surface area contributed by atoms with Crippen LogP contribution in [0.25, 0.3) is 11.5 Å². The largest absolute Gasteiger partial charge is 0.676 e. The molecular weight excluding hydrogens is 415 g/mol. The van der Waals surface area contributed by atoms with Gasteiger partial charge in [-0.15, -0.1) is 0 Å². The topological polar surface area (TPSA) is 47.6 Å². The maximum Gasteiger partial charge on any atom is -0.0177 e. The van der Waals surface area contributed by atoms with E-state index in [2.05, 4.69) is 33.7 Å². The molecule has 1 aliphatic carbocycles. The van der Waals surface area contributed by atoms with E-state index in [1.54, 1.807) is 18.8 Å². The first-order valence-electron chi connectivity index (χ1n) is 5.36. The molecule has 1 saturated carbocycles. The molecular formula is C13H19ClN2Pt-3. The Hall–Kier alpha value is 0.118. The zero-order valence-corrected chi connectivity index (χ0v) is 13.0. The molecule has 1 aliphatic rings. The molecule has 2 nitrogen and oxygen atoms in total. The number of hydrogen-bond acceptors (Lipinski definition) is 0. The molecule has 0 radical (unpaired) electrons. The van der Waals surface area contributed by atoms with E-state index in [1.807, 2.05) is 6.07 Å². The fourth-order valence-electron chi connectivity index (χ4n) is 2.20. The van der Waals surface area contributed by atoms with E-state index >= 15 is 0 Å². The molecule has 0 saturated heterocycles. The van der Waals surface area contributed by atoms with Crippen molar-refractivity contribution in [3.63, 3.8) is 0 Å². The standard InChI is InChI=1S/C12H16N2.CH3.ClH.Pt/c13-11-7-6-10(8-12(11)14)9-4-2-1-3-5-9;;;/h1-5,10-14H,6-8H2;1H3;1H;/q-2;-1;;+1/p-1. The number of benzene rings is 1. The Balaban J connectivity index is 0.000000811. The van der Waals surface area contributed by atoms with E-state index in [4.69, 9.17) is 11.5 Å². The van der Waals surface area contributed by atoms with Gasteiger partial charge in [-0.2, -0.15) is 12.1 Å². The summed E-state index contributed by atoms with van der Waals surface area (Å²) in [5, 5.41) is 0. The molecule has 101 valence electrons. The maximum absolute atomic E-state index is 7.77. The van der Waals surface area contributed by atoms with Crippen molar-refractivity contribution in [2.45, 2.75) is 37.3 Å². The van der Waals surface area contributed by atoms with Gasteiger partial charge in [0.25, 0.3) is 0 Å². The zero-order chi connectivity index (χ0) is 12.0. The first-order chi connectivity index (χ1) is 7.77. The Morgan fingerprint density at radius 3 is 2.12 bits per heavy atom. The van der Waals surface area contributed by atoms with Crippen LogP contribution in [0.1, 0.15) is 30.7 Å². The molecule has 1 fully saturated rings. The number of hydrogen-bond donors (Lipinski definition) is 0. The summed E-state index contributed by atoms with van der Waals surface area (Å²) in [4.78, 5) is 0. The van der Waals surface area contributed by atoms with Crippen molar-refractivity contribution < 1.29 is 18.8 Å². The molecule has 1 aromatic rings. The first-order valence-corrected chi connectivity index (χ1v) is 8.18. The van der Waals surface area contributed by atoms with Crippen molar-refractivity contribution in [1.82, 2.24) is 0 Å². The summed E-state index contributed by atoms with van der Waals surface area (Å²) in [6, 6.07) is 10.1. The van der Waals surface area contributed by atoms with E-state index in [-0.39, 0.29) is 19.5 Å². The average Bonchev–Trinajstić information content (AvgIpc) is 2.36. The van der Waals surface area contributed by atoms with E-state index in [0.29, 0.717) is 5.92 Å². The first kappa shape index (κ1) is 17.1. The molecule has 4 heteroatoms. The van der Waals surface area contributed by atoms with Crippen LogP contribution in [0.2, 0.25) is 0 Å². The summed E-state index contributed by atoms with van der Waals surface area (Å²) in [5.41, 5.74) is 16.8. The minimum absolute atomic E-state index is 0. The smallest absolute Gasteiger partial charge is 0.0177 e. The van der Waals surface area contributed by atoms with Crippen LogP contribution in [-0.4, -0.2) is 12.1 Å². The molecule has 3 unspecified atom stereocenters. The Bertz CT molecular complexity index is 295. The van der Waals surface area contributed by atoms with Crippen molar-refractivity contribution in [2.24, 2.45) is 0 Å². The summed E-state index contributed by atoms with van der Waals surface area (Å²) >= 11 is 1.61. The Kier molecular flexibility index (Phi) is 9.17. The summed E-state index contributed by atoms with van der Waals surface area (Å²) in [6.45, 7) is 0. The van der Waals surface area contributed by atoms with Crippen LogP contribution in [0.4, 0.5) is 0 Å². The van der Waals surface area contributed by atoms with Crippen LogP contribution in [0.3, 0.4) is 0 Å². The van der Waals surface area contributed by atoms with Gasteiger partial charge in [-0.3, -0.25) is 0 Å². The fraction of sp³-hybridized carbons (Fsp3) is 0.462. The van der Waals surface area contributed by atoms with Crippen LogP contribution in [0.15, 0.2) is 30.3 Å². The van der Waals surface area contributed by atoms with Gasteiger partial charge in [-0.25, -0.2) is 0 Å². The maximum atomic E-state index is 7.77. The van der Waals surface area contributed by atoms with E-state index < -0.39 is 0 Å². The van der Waals surface area contributed by atoms with Crippen molar-refractivity contribution in [1.29, 1.82) is 0 Å². The van der Waals surface area contributed by atoms with Crippen LogP contribution in [0, 0.1) is 7.43 Å². The second-order valence-electron chi connectivity index (χ2n) is 4.13. The van der Waals surface area contributed by atoms with Crippen molar-refractivity contribution in [3.05, 3.63) is 54.8 Å². The minimum atomic E-state index is -0.186. The second-order valence-corrected chi connectivity index (χ2v) is 4.13. The summed E-state index contributed by atoms with van der Waals surface area (Å²) in [6.07, 6.45) is 2.82. The van der Waals surface area contributed by atoms with E-state index in [1.165, 1.54) is 5.56 Å². The van der Waals surface area contributed by atoms with Crippen LogP contribution >= 0.6 is 9.42 Å². The third-order valence-electron chi connectivity index (χ3n) is 3.12. The van der Waals surface area contributed by atoms with Gasteiger partial charge < -0.3 is 18.9 Å². The predicted molar refractivity (Wildman–Crippen MR) is 71.5 cm³/mol. The molecule has 2 rings (SSSR count). The van der Waals surface area contributed by atoms with Gasteiger partial charge in [0.05, 0.1) is 0 Å². The van der Waals surface area contributed by atoms with E-state index in [0.717, 1.165) is 19.3 Å². The van der Waals surface area contributed by atoms with Crippen molar-refractivity contribution in [3.8, 4) is 0 Å². The molecule has 17 heavy (non-hydrogen) atoms. The van der Waals surface area contributed by atoms with Gasteiger partial charge in [0.15, 0.2) is 0 Å². The van der Waals surface area contributed by atoms with E-state index in [9.17, 15) is 0 Å². The molecule has 2 N–H and O–H groups in total. The molecule has 1 aromatic carbocycles. The summed E-state index contributed by atoms with van der Waals surface area (Å²) < 4.78 is 0. The molecule has 0 aliphatic heterocycles. The fourth-order valence-corrected chi connectivity index (χ4v) is 2.20. The molecule has 0 aromatic heterocycles. The van der Waals surface area contributed by atoms with Crippen LogP contribution in [-0.2, 0) is 18.8 Å². The number of nitrogens with one attached hydrogen (secondary N) is 2. The summed E-state index contributed by atoms with van der Waals surface area (Å²) in [7, 11) is 4.61. The summed E-state index contributed by atoms with van der Waals surface area (Å²) in [5.74, 6) is 0.514. The Labute approximate surface area is 120 Å². The van der Waals surface area contributed by atoms with Crippen LogP contribution < -0.4 is 0 Å². The van der Waals surface area contributed by atoms with Crippen LogP contribution in [0.5, 0.6) is 0 Å². The predicted octanol–water partition coefficient (Wildman–Crippen LogP) is 4.93. The van der Waals surface area contributed by atoms with Crippen molar-refractivity contribution >= 4 is 9.42 Å². The SMILES string of the molecule is [CH3-].[Cl][Pt].[NH-]C1CCC(c2ccccc2)CC1[NH-]. The minimum Gasteiger partial charge on any atom is -0.676 e. The van der Waals surface area contributed by atoms with Gasteiger partial charge >= 0.3 is 28.2 Å². The van der Waals surface area contributed by atoms with Gasteiger partial charge in [0.1, 0.15) is 0 Å². The van der Waals surface area contributed by atoms with Gasteiger partial charge in [-0.05, 0) is 17.9 Å². The second kappa shape index (κ2) is 9.10. The quantitative estimate of drug-likeness (QED) is 0.564. The third kappa shape index (κ3) is 5.09. The Morgan fingerprint density at radius 1 is 1.00 bits per heavy atom. The molecule has 0 bridgehead atoms. The molecule has 0 heterocycles. The average molecular weight is 434 g/mol. The zero-order valence-electron chi connectivity index (χ0n) is 9.93. The molecule has 0 amide bonds. The number of halogens is 1. The third-order valence-corrected chi connectivity index (χ3v) is 3.12. The monoisotopic (exact) mass is 433 g/mol. The van der Waals surface area contributed by atoms with Gasteiger partial charge in [0, 0.05) is 0 Å². The molecule has 3 atom stereocenters. The Morgan fingerprint density at radius 2 is 1.59 bits per heavy atom. The molecule has 0 spiro atoms. The van der Waals surface area contributed by atoms with Crippen molar-refractivity contribution in [2.75, 3.05) is 0 Å². The van der Waals surface area contributed by atoms with Gasteiger partial charge in [-0.1, -0.05) is 43.2 Å². The van der Waals surface area contributed by atoms with Gasteiger partial charge in [0.2, 0.25) is 0 Å². The number of rotatable bonds is 1.